The Labute approximate surface area is 180 Å². The van der Waals surface area contributed by atoms with Crippen molar-refractivity contribution >= 4 is 17.9 Å². The number of carbonyl (C=O) groups is 3. The van der Waals surface area contributed by atoms with Gasteiger partial charge in [-0.25, -0.2) is 4.79 Å². The number of rotatable bonds is 6. The minimum absolute atomic E-state index is 0.271. The summed E-state index contributed by atoms with van der Waals surface area (Å²) in [6.07, 6.45) is -0.675. The zero-order valence-corrected chi connectivity index (χ0v) is 19.8. The van der Waals surface area contributed by atoms with E-state index in [2.05, 4.69) is 10.6 Å². The monoisotopic (exact) mass is 419 g/mol. The summed E-state index contributed by atoms with van der Waals surface area (Å²) in [5, 5.41) is 5.54. The second-order valence-corrected chi connectivity index (χ2v) is 9.55. The van der Waals surface area contributed by atoms with Crippen molar-refractivity contribution in [3.05, 3.63) is 35.4 Å². The molecule has 1 rings (SSSR count). The number of aryl methyl sites for hydroxylation is 1. The number of ether oxygens (including phenoxy) is 1. The molecule has 0 radical (unpaired) electrons. The molecule has 3 amide bonds. The molecular weight excluding hydrogens is 382 g/mol. The van der Waals surface area contributed by atoms with Gasteiger partial charge in [0.2, 0.25) is 11.8 Å². The van der Waals surface area contributed by atoms with Crippen molar-refractivity contribution in [3.8, 4) is 0 Å². The molecule has 30 heavy (non-hydrogen) atoms. The zero-order valence-electron chi connectivity index (χ0n) is 19.8. The summed E-state index contributed by atoms with van der Waals surface area (Å²) in [6, 6.07) is 5.87. The summed E-state index contributed by atoms with van der Waals surface area (Å²) in [6.45, 7) is 16.6. The number of likely N-dealkylation sites (N-methyl/N-ethyl adjacent to an activating group) is 1. The van der Waals surface area contributed by atoms with Gasteiger partial charge >= 0.3 is 6.09 Å². The fourth-order valence-corrected chi connectivity index (χ4v) is 3.01. The van der Waals surface area contributed by atoms with E-state index in [4.69, 9.17) is 4.74 Å². The molecule has 7 nitrogen and oxygen atoms in total. The minimum Gasteiger partial charge on any atom is -0.444 e. The molecule has 0 fully saturated rings. The SMILES string of the molecule is CCN(C(=O)C(C)NC(=O)OC(C)(C)C)C(C(=O)NC(C)(C)C)c1cccc(C)c1. The van der Waals surface area contributed by atoms with Crippen molar-refractivity contribution in [1.82, 2.24) is 15.5 Å². The number of hydrogen-bond acceptors (Lipinski definition) is 4. The van der Waals surface area contributed by atoms with Crippen LogP contribution < -0.4 is 10.6 Å². The Morgan fingerprint density at radius 3 is 2.17 bits per heavy atom. The molecule has 0 saturated carbocycles. The van der Waals surface area contributed by atoms with Crippen molar-refractivity contribution < 1.29 is 19.1 Å². The van der Waals surface area contributed by atoms with Crippen LogP contribution in [0.15, 0.2) is 24.3 Å². The molecule has 1 aromatic carbocycles. The molecule has 0 saturated heterocycles. The van der Waals surface area contributed by atoms with Crippen LogP contribution in [0, 0.1) is 6.92 Å². The van der Waals surface area contributed by atoms with Gasteiger partial charge in [0, 0.05) is 12.1 Å². The van der Waals surface area contributed by atoms with Crippen LogP contribution in [0.1, 0.15) is 72.6 Å². The van der Waals surface area contributed by atoms with Crippen LogP contribution in [-0.4, -0.2) is 46.5 Å². The number of amides is 3. The first-order valence-electron chi connectivity index (χ1n) is 10.3. The number of nitrogens with zero attached hydrogens (tertiary/aromatic N) is 1. The predicted octanol–water partition coefficient (Wildman–Crippen LogP) is 3.71. The van der Waals surface area contributed by atoms with E-state index in [1.54, 1.807) is 27.7 Å². The quantitative estimate of drug-likeness (QED) is 0.736. The Kier molecular flexibility index (Phi) is 8.45. The van der Waals surface area contributed by atoms with Gasteiger partial charge in [0.05, 0.1) is 0 Å². The maximum atomic E-state index is 13.2. The molecule has 2 unspecified atom stereocenters. The third-order valence-corrected chi connectivity index (χ3v) is 4.14. The summed E-state index contributed by atoms with van der Waals surface area (Å²) in [4.78, 5) is 40.0. The van der Waals surface area contributed by atoms with E-state index < -0.39 is 29.3 Å². The molecular formula is C23H37N3O4. The van der Waals surface area contributed by atoms with Crippen LogP contribution >= 0.6 is 0 Å². The lowest BCUT2D eigenvalue weighted by Crippen LogP contribution is -2.53. The number of alkyl carbamates (subject to hydrolysis) is 1. The van der Waals surface area contributed by atoms with Gasteiger partial charge in [-0.15, -0.1) is 0 Å². The minimum atomic E-state index is -0.852. The highest BCUT2D eigenvalue weighted by atomic mass is 16.6. The van der Waals surface area contributed by atoms with E-state index >= 15 is 0 Å². The van der Waals surface area contributed by atoms with Gasteiger partial charge in [-0.05, 0) is 67.9 Å². The molecule has 2 atom stereocenters. The molecule has 0 bridgehead atoms. The third-order valence-electron chi connectivity index (χ3n) is 4.14. The van der Waals surface area contributed by atoms with E-state index in [-0.39, 0.29) is 11.8 Å². The van der Waals surface area contributed by atoms with Gasteiger partial charge in [0.15, 0.2) is 0 Å². The third kappa shape index (κ3) is 8.05. The Bertz CT molecular complexity index is 762. The van der Waals surface area contributed by atoms with Gasteiger partial charge in [-0.3, -0.25) is 9.59 Å². The largest absolute Gasteiger partial charge is 0.444 e. The number of nitrogens with one attached hydrogen (secondary N) is 2. The van der Waals surface area contributed by atoms with Gasteiger partial charge < -0.3 is 20.3 Å². The summed E-state index contributed by atoms with van der Waals surface area (Å²) in [5.74, 6) is -0.633. The second kappa shape index (κ2) is 9.96. The maximum absolute atomic E-state index is 13.2. The molecule has 0 aliphatic carbocycles. The normalized spacial score (nSPS) is 13.8. The average molecular weight is 420 g/mol. The molecule has 0 spiro atoms. The zero-order chi connectivity index (χ0) is 23.3. The van der Waals surface area contributed by atoms with Crippen LogP contribution in [0.2, 0.25) is 0 Å². The Morgan fingerprint density at radius 1 is 1.10 bits per heavy atom. The van der Waals surface area contributed by atoms with E-state index in [1.165, 1.54) is 4.90 Å². The smallest absolute Gasteiger partial charge is 0.408 e. The first-order valence-corrected chi connectivity index (χ1v) is 10.3. The summed E-state index contributed by atoms with van der Waals surface area (Å²) < 4.78 is 5.25. The molecule has 2 N–H and O–H groups in total. The predicted molar refractivity (Wildman–Crippen MR) is 118 cm³/mol. The van der Waals surface area contributed by atoms with E-state index in [9.17, 15) is 14.4 Å². The van der Waals surface area contributed by atoms with Crippen LogP contribution in [0.25, 0.3) is 0 Å². The molecule has 0 aliphatic rings. The molecule has 0 aromatic heterocycles. The first-order chi connectivity index (χ1) is 13.6. The Morgan fingerprint density at radius 2 is 1.70 bits per heavy atom. The van der Waals surface area contributed by atoms with E-state index in [1.807, 2.05) is 58.9 Å². The first kappa shape index (κ1) is 25.5. The van der Waals surface area contributed by atoms with Crippen LogP contribution in [0.5, 0.6) is 0 Å². The lowest BCUT2D eigenvalue weighted by Gasteiger charge is -2.34. The highest BCUT2D eigenvalue weighted by Gasteiger charge is 2.35. The van der Waals surface area contributed by atoms with Crippen molar-refractivity contribution in [2.75, 3.05) is 6.54 Å². The van der Waals surface area contributed by atoms with Gasteiger partial charge in [-0.1, -0.05) is 29.8 Å². The fourth-order valence-electron chi connectivity index (χ4n) is 3.01. The average Bonchev–Trinajstić information content (AvgIpc) is 2.55. The number of hydrogen-bond donors (Lipinski definition) is 2. The summed E-state index contributed by atoms with van der Waals surface area (Å²) in [5.41, 5.74) is 0.580. The summed E-state index contributed by atoms with van der Waals surface area (Å²) >= 11 is 0. The molecule has 1 aromatic rings. The van der Waals surface area contributed by atoms with Gasteiger partial charge in [-0.2, -0.15) is 0 Å². The standard InChI is InChI=1S/C23H37N3O4/c1-10-26(20(28)16(3)24-21(29)30-23(7,8)9)18(19(27)25-22(4,5)6)17-13-11-12-15(2)14-17/h11-14,16,18H,10H2,1-9H3,(H,24,29)(H,25,27). The Hall–Kier alpha value is -2.57. The summed E-state index contributed by atoms with van der Waals surface area (Å²) in [7, 11) is 0. The number of carbonyl (C=O) groups excluding carboxylic acids is 3. The van der Waals surface area contributed by atoms with Crippen molar-refractivity contribution in [3.63, 3.8) is 0 Å². The molecule has 7 heteroatoms. The second-order valence-electron chi connectivity index (χ2n) is 9.55. The highest BCUT2D eigenvalue weighted by molar-refractivity contribution is 5.92. The van der Waals surface area contributed by atoms with E-state index in [0.29, 0.717) is 6.54 Å². The lowest BCUT2D eigenvalue weighted by atomic mass is 9.99. The maximum Gasteiger partial charge on any atom is 0.408 e. The topological polar surface area (TPSA) is 87.7 Å². The molecule has 0 heterocycles. The lowest BCUT2D eigenvalue weighted by molar-refractivity contribution is -0.142. The van der Waals surface area contributed by atoms with Crippen LogP contribution in [-0.2, 0) is 14.3 Å². The van der Waals surface area contributed by atoms with Gasteiger partial charge in [0.1, 0.15) is 17.7 Å². The fraction of sp³-hybridized carbons (Fsp3) is 0.609. The van der Waals surface area contributed by atoms with Crippen molar-refractivity contribution in [2.45, 2.75) is 85.5 Å². The van der Waals surface area contributed by atoms with Crippen molar-refractivity contribution in [2.24, 2.45) is 0 Å². The molecule has 0 aliphatic heterocycles. The van der Waals surface area contributed by atoms with Crippen LogP contribution in [0.3, 0.4) is 0 Å². The van der Waals surface area contributed by atoms with E-state index in [0.717, 1.165) is 11.1 Å². The molecule has 168 valence electrons. The Balaban J connectivity index is 3.20. The highest BCUT2D eigenvalue weighted by Crippen LogP contribution is 2.24. The van der Waals surface area contributed by atoms with Crippen molar-refractivity contribution in [1.29, 1.82) is 0 Å². The van der Waals surface area contributed by atoms with Crippen LogP contribution in [0.4, 0.5) is 4.79 Å². The van der Waals surface area contributed by atoms with Gasteiger partial charge in [0.25, 0.3) is 0 Å². The number of benzene rings is 1.